The van der Waals surface area contributed by atoms with Crippen LogP contribution in [0.3, 0.4) is 0 Å². The van der Waals surface area contributed by atoms with E-state index in [9.17, 15) is 0 Å². The molecule has 2 heterocycles. The second-order valence-corrected chi connectivity index (χ2v) is 12.4. The molecule has 6 aromatic carbocycles. The molecule has 1 aliphatic heterocycles. The van der Waals surface area contributed by atoms with Crippen LogP contribution in [-0.2, 0) is 9.31 Å². The number of benzene rings is 6. The van der Waals surface area contributed by atoms with Crippen LogP contribution in [0.4, 0.5) is 0 Å². The van der Waals surface area contributed by atoms with Crippen molar-refractivity contribution < 1.29 is 13.7 Å². The first-order chi connectivity index (χ1) is 20.3. The summed E-state index contributed by atoms with van der Waals surface area (Å²) >= 11 is 0. The van der Waals surface area contributed by atoms with Crippen LogP contribution in [-0.4, -0.2) is 18.3 Å². The Morgan fingerprint density at radius 1 is 0.524 bits per heavy atom. The molecule has 3 nitrogen and oxygen atoms in total. The van der Waals surface area contributed by atoms with Crippen molar-refractivity contribution in [1.29, 1.82) is 0 Å². The third kappa shape index (κ3) is 3.76. The van der Waals surface area contributed by atoms with Crippen molar-refractivity contribution in [3.05, 3.63) is 115 Å². The van der Waals surface area contributed by atoms with Crippen molar-refractivity contribution in [1.82, 2.24) is 0 Å². The van der Waals surface area contributed by atoms with Gasteiger partial charge in [-0.2, -0.15) is 0 Å². The predicted molar refractivity (Wildman–Crippen MR) is 175 cm³/mol. The van der Waals surface area contributed by atoms with Crippen LogP contribution in [0.2, 0.25) is 0 Å². The first-order valence-electron chi connectivity index (χ1n) is 14.6. The van der Waals surface area contributed by atoms with Gasteiger partial charge in [-0.05, 0) is 83.7 Å². The lowest BCUT2D eigenvalue weighted by molar-refractivity contribution is 0.00578. The number of rotatable bonds is 3. The molecule has 42 heavy (non-hydrogen) atoms. The normalized spacial score (nSPS) is 16.2. The van der Waals surface area contributed by atoms with Crippen LogP contribution < -0.4 is 5.46 Å². The molecular formula is C38H31BO3. The van der Waals surface area contributed by atoms with E-state index >= 15 is 0 Å². The Labute approximate surface area is 245 Å². The standard InChI is InChI=1S/C38H31BO3/c1-37(2)38(3,4)42-39(41-37)33-17-10-18-34-35(33)32-23-31(29-14-7-8-15-30(29)36(32)40-34)26-21-19-25(20-22-26)28-16-9-12-24-11-5-6-13-27(24)28/h5-23H,1-4H3. The maximum absolute atomic E-state index is 6.57. The third-order valence-electron chi connectivity index (χ3n) is 9.34. The van der Waals surface area contributed by atoms with Crippen molar-refractivity contribution in [3.63, 3.8) is 0 Å². The van der Waals surface area contributed by atoms with Gasteiger partial charge in [0, 0.05) is 16.2 Å². The maximum atomic E-state index is 6.57. The van der Waals surface area contributed by atoms with Crippen LogP contribution in [0, 0.1) is 0 Å². The fourth-order valence-electron chi connectivity index (χ4n) is 6.39. The molecule has 0 bridgehead atoms. The van der Waals surface area contributed by atoms with Crippen molar-refractivity contribution in [2.75, 3.05) is 0 Å². The lowest BCUT2D eigenvalue weighted by atomic mass is 9.76. The molecule has 4 heteroatoms. The summed E-state index contributed by atoms with van der Waals surface area (Å²) in [5.41, 5.74) is 6.66. The summed E-state index contributed by atoms with van der Waals surface area (Å²) in [5, 5.41) is 6.89. The molecule has 1 aliphatic rings. The minimum atomic E-state index is -0.477. The van der Waals surface area contributed by atoms with Gasteiger partial charge in [0.2, 0.25) is 0 Å². The number of fused-ring (bicyclic) bond motifs is 6. The Kier molecular flexibility index (Phi) is 5.47. The van der Waals surface area contributed by atoms with Gasteiger partial charge in [0.15, 0.2) is 0 Å². The molecule has 0 aliphatic carbocycles. The van der Waals surface area contributed by atoms with Crippen LogP contribution >= 0.6 is 0 Å². The lowest BCUT2D eigenvalue weighted by Crippen LogP contribution is -2.41. The van der Waals surface area contributed by atoms with E-state index in [-0.39, 0.29) is 0 Å². The van der Waals surface area contributed by atoms with E-state index in [4.69, 9.17) is 13.7 Å². The topological polar surface area (TPSA) is 31.6 Å². The highest BCUT2D eigenvalue weighted by Crippen LogP contribution is 2.42. The van der Waals surface area contributed by atoms with E-state index in [0.717, 1.165) is 32.8 Å². The Hall–Kier alpha value is -4.38. The summed E-state index contributed by atoms with van der Waals surface area (Å²) < 4.78 is 19.6. The highest BCUT2D eigenvalue weighted by atomic mass is 16.7. The van der Waals surface area contributed by atoms with Crippen LogP contribution in [0.1, 0.15) is 27.7 Å². The minimum Gasteiger partial charge on any atom is -0.455 e. The Bertz CT molecular complexity index is 2130. The van der Waals surface area contributed by atoms with Crippen molar-refractivity contribution >= 4 is 56.1 Å². The van der Waals surface area contributed by atoms with E-state index < -0.39 is 18.3 Å². The lowest BCUT2D eigenvalue weighted by Gasteiger charge is -2.32. The zero-order valence-electron chi connectivity index (χ0n) is 24.3. The van der Waals surface area contributed by atoms with Gasteiger partial charge in [-0.1, -0.05) is 103 Å². The zero-order chi connectivity index (χ0) is 28.6. The Morgan fingerprint density at radius 2 is 1.12 bits per heavy atom. The highest BCUT2D eigenvalue weighted by Gasteiger charge is 2.52. The average Bonchev–Trinajstić information content (AvgIpc) is 3.49. The molecule has 1 fully saturated rings. The summed E-state index contributed by atoms with van der Waals surface area (Å²) in [6.45, 7) is 8.37. The molecule has 0 saturated carbocycles. The second kappa shape index (κ2) is 9.06. The van der Waals surface area contributed by atoms with Gasteiger partial charge in [-0.25, -0.2) is 0 Å². The molecule has 0 amide bonds. The maximum Gasteiger partial charge on any atom is 0.495 e. The number of hydrogen-bond donors (Lipinski definition) is 0. The molecule has 1 aromatic heterocycles. The summed E-state index contributed by atoms with van der Waals surface area (Å²) in [4.78, 5) is 0. The Balaban J connectivity index is 1.32. The molecule has 0 N–H and O–H groups in total. The van der Waals surface area contributed by atoms with Gasteiger partial charge in [0.25, 0.3) is 0 Å². The van der Waals surface area contributed by atoms with Gasteiger partial charge in [0.1, 0.15) is 11.2 Å². The van der Waals surface area contributed by atoms with Crippen molar-refractivity contribution in [3.8, 4) is 22.3 Å². The van der Waals surface area contributed by atoms with Gasteiger partial charge in [-0.15, -0.1) is 0 Å². The van der Waals surface area contributed by atoms with Crippen LogP contribution in [0.25, 0.3) is 65.7 Å². The van der Waals surface area contributed by atoms with E-state index in [1.54, 1.807) is 0 Å². The summed E-state index contributed by atoms with van der Waals surface area (Å²) in [5.74, 6) is 0. The molecule has 7 aromatic rings. The largest absolute Gasteiger partial charge is 0.495 e. The van der Waals surface area contributed by atoms with Gasteiger partial charge < -0.3 is 13.7 Å². The Morgan fingerprint density at radius 3 is 1.86 bits per heavy atom. The zero-order valence-corrected chi connectivity index (χ0v) is 24.3. The minimum absolute atomic E-state index is 0.428. The molecular weight excluding hydrogens is 515 g/mol. The predicted octanol–water partition coefficient (Wildman–Crippen LogP) is 9.53. The van der Waals surface area contributed by atoms with Gasteiger partial charge in [-0.3, -0.25) is 0 Å². The van der Waals surface area contributed by atoms with E-state index in [1.807, 2.05) is 12.1 Å². The quantitative estimate of drug-likeness (QED) is 0.207. The monoisotopic (exact) mass is 546 g/mol. The summed E-state index contributed by atoms with van der Waals surface area (Å²) in [6.07, 6.45) is 0. The molecule has 1 saturated heterocycles. The molecule has 8 rings (SSSR count). The van der Waals surface area contributed by atoms with Crippen molar-refractivity contribution in [2.45, 2.75) is 38.9 Å². The molecule has 0 spiro atoms. The van der Waals surface area contributed by atoms with Crippen molar-refractivity contribution in [2.24, 2.45) is 0 Å². The smallest absolute Gasteiger partial charge is 0.455 e. The number of furan rings is 1. The van der Waals surface area contributed by atoms with E-state index in [0.29, 0.717) is 0 Å². The average molecular weight is 546 g/mol. The van der Waals surface area contributed by atoms with Crippen LogP contribution in [0.5, 0.6) is 0 Å². The SMILES string of the molecule is CC1(C)OB(c2cccc3oc4c5ccccc5c(-c5ccc(-c6cccc7ccccc67)cc5)cc4c23)OC1(C)C. The summed E-state index contributed by atoms with van der Waals surface area (Å²) in [7, 11) is -0.477. The highest BCUT2D eigenvalue weighted by molar-refractivity contribution is 6.66. The molecule has 204 valence electrons. The third-order valence-corrected chi connectivity index (χ3v) is 9.34. The number of hydrogen-bond acceptors (Lipinski definition) is 3. The molecule has 0 atom stereocenters. The molecule has 0 unspecified atom stereocenters. The van der Waals surface area contributed by atoms with Crippen LogP contribution in [0.15, 0.2) is 120 Å². The fourth-order valence-corrected chi connectivity index (χ4v) is 6.39. The first-order valence-corrected chi connectivity index (χ1v) is 14.6. The first kappa shape index (κ1) is 25.3. The van der Waals surface area contributed by atoms with Gasteiger partial charge >= 0.3 is 7.12 Å². The summed E-state index contributed by atoms with van der Waals surface area (Å²) in [6, 6.07) is 41.0. The molecule has 0 radical (unpaired) electrons. The van der Waals surface area contributed by atoms with E-state index in [1.165, 1.54) is 38.4 Å². The fraction of sp³-hybridized carbons (Fsp3) is 0.158. The van der Waals surface area contributed by atoms with Gasteiger partial charge in [0.05, 0.1) is 11.2 Å². The second-order valence-electron chi connectivity index (χ2n) is 12.4. The van der Waals surface area contributed by atoms with E-state index in [2.05, 4.69) is 131 Å².